The van der Waals surface area contributed by atoms with E-state index in [1.165, 1.54) is 0 Å². The number of sulfone groups is 1. The minimum absolute atomic E-state index is 0.0167. The van der Waals surface area contributed by atoms with Crippen LogP contribution in [-0.4, -0.2) is 63.0 Å². The molecule has 0 amide bonds. The van der Waals surface area contributed by atoms with Crippen molar-refractivity contribution in [1.29, 1.82) is 0 Å². The molecule has 214 valence electrons. The summed E-state index contributed by atoms with van der Waals surface area (Å²) in [6.45, 7) is 8.93. The van der Waals surface area contributed by atoms with Gasteiger partial charge in [-0.05, 0) is 37.1 Å². The van der Waals surface area contributed by atoms with Crippen molar-refractivity contribution in [3.05, 3.63) is 41.7 Å². The molecule has 0 bridgehead atoms. The Morgan fingerprint density at radius 3 is 2.67 bits per heavy atom. The van der Waals surface area contributed by atoms with E-state index in [1.54, 1.807) is 29.0 Å². The number of benzene rings is 1. The van der Waals surface area contributed by atoms with Crippen molar-refractivity contribution in [3.8, 4) is 11.3 Å². The molecule has 0 aliphatic carbocycles. The summed E-state index contributed by atoms with van der Waals surface area (Å²) >= 11 is 0. The first-order valence-electron chi connectivity index (χ1n) is 13.0. The second-order valence-electron chi connectivity index (χ2n) is 11.4. The van der Waals surface area contributed by atoms with E-state index >= 15 is 0 Å². The van der Waals surface area contributed by atoms with Gasteiger partial charge in [-0.2, -0.15) is 13.2 Å². The minimum Gasteiger partial charge on any atom is -0.361 e. The molecule has 1 aliphatic heterocycles. The highest BCUT2D eigenvalue weighted by molar-refractivity contribution is 7.89. The Balaban J connectivity index is 1.78. The molecule has 1 aromatic carbocycles. The van der Waals surface area contributed by atoms with E-state index in [0.29, 0.717) is 29.6 Å². The molecule has 1 fully saturated rings. The number of rotatable bonds is 10. The van der Waals surface area contributed by atoms with Crippen LogP contribution >= 0.6 is 0 Å². The van der Waals surface area contributed by atoms with Crippen molar-refractivity contribution >= 4 is 34.8 Å². The first-order chi connectivity index (χ1) is 18.2. The van der Waals surface area contributed by atoms with Gasteiger partial charge >= 0.3 is 6.18 Å². The van der Waals surface area contributed by atoms with Crippen LogP contribution in [0.25, 0.3) is 22.2 Å². The molecule has 0 radical (unpaired) electrons. The third-order valence-electron chi connectivity index (χ3n) is 6.58. The lowest BCUT2D eigenvalue weighted by Gasteiger charge is -2.24. The van der Waals surface area contributed by atoms with E-state index in [1.807, 2.05) is 0 Å². The molecular formula is C26H36F3N5O3SSi. The summed E-state index contributed by atoms with van der Waals surface area (Å²) in [5.41, 5.74) is 0.240. The van der Waals surface area contributed by atoms with Crippen molar-refractivity contribution in [2.75, 3.05) is 31.3 Å². The van der Waals surface area contributed by atoms with Crippen molar-refractivity contribution in [2.45, 2.75) is 63.2 Å². The lowest BCUT2D eigenvalue weighted by molar-refractivity contribution is -0.137. The van der Waals surface area contributed by atoms with Gasteiger partial charge in [-0.25, -0.2) is 18.4 Å². The number of anilines is 1. The average molecular weight is 584 g/mol. The van der Waals surface area contributed by atoms with Gasteiger partial charge in [0.2, 0.25) is 5.95 Å². The highest BCUT2D eigenvalue weighted by Crippen LogP contribution is 2.40. The highest BCUT2D eigenvalue weighted by atomic mass is 32.2. The van der Waals surface area contributed by atoms with E-state index in [4.69, 9.17) is 4.74 Å². The fourth-order valence-electron chi connectivity index (χ4n) is 4.59. The van der Waals surface area contributed by atoms with E-state index in [-0.39, 0.29) is 35.7 Å². The molecule has 4 rings (SSSR count). The maximum Gasteiger partial charge on any atom is 0.419 e. The molecule has 13 heteroatoms. The van der Waals surface area contributed by atoms with Crippen molar-refractivity contribution in [1.82, 2.24) is 19.9 Å². The average Bonchev–Trinajstić information content (AvgIpc) is 3.18. The third kappa shape index (κ3) is 8.02. The molecule has 2 aromatic heterocycles. The quantitative estimate of drug-likeness (QED) is 0.252. The largest absolute Gasteiger partial charge is 0.419 e. The SMILES string of the molecule is C[Si](C)(C)CCOCn1cc(-c2nc(N[C@H]3CCCNC3)ncc2C(F)(F)F)c2ccc(CS(C)(=O)=O)cc21. The number of nitrogens with zero attached hydrogens (tertiary/aromatic N) is 3. The number of hydrogen-bond acceptors (Lipinski definition) is 7. The molecule has 0 spiro atoms. The number of ether oxygens (including phenoxy) is 1. The normalized spacial score (nSPS) is 17.1. The second-order valence-corrected chi connectivity index (χ2v) is 19.2. The fourth-order valence-corrected chi connectivity index (χ4v) is 6.13. The van der Waals surface area contributed by atoms with Gasteiger partial charge in [-0.15, -0.1) is 0 Å². The Morgan fingerprint density at radius 1 is 1.26 bits per heavy atom. The van der Waals surface area contributed by atoms with Crippen LogP contribution in [0.2, 0.25) is 25.7 Å². The molecule has 8 nitrogen and oxygen atoms in total. The second kappa shape index (κ2) is 11.6. The maximum absolute atomic E-state index is 14.1. The van der Waals surface area contributed by atoms with E-state index in [0.717, 1.165) is 37.9 Å². The zero-order chi connectivity index (χ0) is 28.4. The van der Waals surface area contributed by atoms with Gasteiger partial charge in [0.05, 0.1) is 17.0 Å². The zero-order valence-electron chi connectivity index (χ0n) is 22.7. The number of hydrogen-bond donors (Lipinski definition) is 2. The van der Waals surface area contributed by atoms with Crippen LogP contribution in [0.5, 0.6) is 0 Å². The minimum atomic E-state index is -4.67. The molecular weight excluding hydrogens is 547 g/mol. The molecule has 1 atom stereocenters. The van der Waals surface area contributed by atoms with E-state index < -0.39 is 29.7 Å². The lowest BCUT2D eigenvalue weighted by atomic mass is 10.0. The van der Waals surface area contributed by atoms with Crippen LogP contribution in [0.1, 0.15) is 24.0 Å². The van der Waals surface area contributed by atoms with Crippen molar-refractivity contribution in [3.63, 3.8) is 0 Å². The Hall–Kier alpha value is -2.48. The number of halogens is 3. The molecule has 0 saturated carbocycles. The Kier molecular flexibility index (Phi) is 8.74. The van der Waals surface area contributed by atoms with Crippen LogP contribution in [-0.2, 0) is 33.2 Å². The van der Waals surface area contributed by atoms with E-state index in [9.17, 15) is 21.6 Å². The van der Waals surface area contributed by atoms with Crippen molar-refractivity contribution in [2.24, 2.45) is 0 Å². The summed E-state index contributed by atoms with van der Waals surface area (Å²) in [6.07, 6.45) is 0.725. The molecule has 39 heavy (non-hydrogen) atoms. The first kappa shape index (κ1) is 29.5. The molecule has 1 aliphatic rings. The van der Waals surface area contributed by atoms with Gasteiger partial charge in [0, 0.05) is 56.9 Å². The predicted octanol–water partition coefficient (Wildman–Crippen LogP) is 5.14. The Labute approximate surface area is 228 Å². The smallest absolute Gasteiger partial charge is 0.361 e. The van der Waals surface area contributed by atoms with Gasteiger partial charge in [0.25, 0.3) is 0 Å². The zero-order valence-corrected chi connectivity index (χ0v) is 24.5. The Morgan fingerprint density at radius 2 is 2.03 bits per heavy atom. The van der Waals surface area contributed by atoms with Crippen LogP contribution in [0.15, 0.2) is 30.6 Å². The summed E-state index contributed by atoms with van der Waals surface area (Å²) in [5, 5.41) is 6.96. The molecule has 3 aromatic rings. The van der Waals surface area contributed by atoms with Crippen LogP contribution in [0, 0.1) is 0 Å². The first-order valence-corrected chi connectivity index (χ1v) is 18.8. The molecule has 1 saturated heterocycles. The summed E-state index contributed by atoms with van der Waals surface area (Å²) < 4.78 is 73.9. The molecule has 3 heterocycles. The van der Waals surface area contributed by atoms with Gasteiger partial charge in [0.1, 0.15) is 12.3 Å². The van der Waals surface area contributed by atoms with Crippen molar-refractivity contribution < 1.29 is 26.3 Å². The number of fused-ring (bicyclic) bond motifs is 1. The summed E-state index contributed by atoms with van der Waals surface area (Å²) in [6, 6.07) is 5.94. The number of piperidine rings is 1. The topological polar surface area (TPSA) is 98.1 Å². The van der Waals surface area contributed by atoms with E-state index in [2.05, 4.69) is 40.2 Å². The predicted molar refractivity (Wildman–Crippen MR) is 150 cm³/mol. The van der Waals surface area contributed by atoms with Gasteiger partial charge in [0.15, 0.2) is 9.84 Å². The fraction of sp³-hybridized carbons (Fsp3) is 0.538. The summed E-state index contributed by atoms with van der Waals surface area (Å²) in [4.78, 5) is 8.35. The summed E-state index contributed by atoms with van der Waals surface area (Å²) in [5.74, 6) is -0.0437. The van der Waals surface area contributed by atoms with Crippen LogP contribution in [0.3, 0.4) is 0 Å². The highest BCUT2D eigenvalue weighted by Gasteiger charge is 2.36. The van der Waals surface area contributed by atoms with Gasteiger partial charge < -0.3 is 19.9 Å². The molecule has 2 N–H and O–H groups in total. The monoisotopic (exact) mass is 583 g/mol. The maximum atomic E-state index is 14.1. The lowest BCUT2D eigenvalue weighted by Crippen LogP contribution is -2.38. The van der Waals surface area contributed by atoms with Crippen LogP contribution < -0.4 is 10.6 Å². The number of nitrogens with one attached hydrogen (secondary N) is 2. The van der Waals surface area contributed by atoms with Crippen LogP contribution in [0.4, 0.5) is 19.1 Å². The van der Waals surface area contributed by atoms with Gasteiger partial charge in [-0.3, -0.25) is 0 Å². The number of alkyl halides is 3. The van der Waals surface area contributed by atoms with Gasteiger partial charge in [-0.1, -0.05) is 31.8 Å². The third-order valence-corrected chi connectivity index (χ3v) is 9.14. The number of aromatic nitrogens is 3. The Bertz CT molecular complexity index is 1410. The standard InChI is InChI=1S/C26H36F3N5O3SSi/c1-38(35,36)16-18-7-8-20-21(15-34(23(20)12-18)17-37-10-11-39(2,3)4)24-22(26(27,28)29)14-31-25(33-24)32-19-6-5-9-30-13-19/h7-8,12,14-15,19,30H,5-6,9-11,13,16-17H2,1-4H3,(H,31,32,33)/t19-/m0/s1. The summed E-state index contributed by atoms with van der Waals surface area (Å²) in [7, 11) is -4.65. The molecule has 0 unspecified atom stereocenters.